The van der Waals surface area contributed by atoms with E-state index in [1.807, 2.05) is 11.8 Å². The van der Waals surface area contributed by atoms with Crippen LogP contribution in [-0.2, 0) is 12.3 Å². The predicted molar refractivity (Wildman–Crippen MR) is 86.0 cm³/mol. The molecule has 0 aliphatic carbocycles. The zero-order chi connectivity index (χ0) is 13.7. The van der Waals surface area contributed by atoms with Crippen LogP contribution in [0.1, 0.15) is 17.0 Å². The average molecular weight is 289 g/mol. The van der Waals surface area contributed by atoms with E-state index in [0.29, 0.717) is 0 Å². The van der Waals surface area contributed by atoms with Crippen LogP contribution >= 0.6 is 11.8 Å². The molecule has 0 bridgehead atoms. The molecule has 100 valence electrons. The van der Waals surface area contributed by atoms with Gasteiger partial charge in [0.25, 0.3) is 5.65 Å². The van der Waals surface area contributed by atoms with Gasteiger partial charge in [0.2, 0.25) is 0 Å². The van der Waals surface area contributed by atoms with E-state index in [9.17, 15) is 0 Å². The highest BCUT2D eigenvalue weighted by Crippen LogP contribution is 2.41. The van der Waals surface area contributed by atoms with Crippen LogP contribution in [0.25, 0.3) is 27.3 Å². The standard InChI is InChI=1S/C18H13N2S/c1-10-14-9-21-15-7-3-6-13-12-5-2-4-11-8-19(10)18(16(11)12)20(14)17(13)15/h2-7H,8-9H2,1H3/q+1. The lowest BCUT2D eigenvalue weighted by atomic mass is 10.0. The van der Waals surface area contributed by atoms with Crippen LogP contribution in [0.2, 0.25) is 0 Å². The van der Waals surface area contributed by atoms with Gasteiger partial charge in [0.1, 0.15) is 12.2 Å². The summed E-state index contributed by atoms with van der Waals surface area (Å²) in [6.45, 7) is 3.30. The van der Waals surface area contributed by atoms with Gasteiger partial charge >= 0.3 is 0 Å². The van der Waals surface area contributed by atoms with Crippen molar-refractivity contribution in [3.05, 3.63) is 53.3 Å². The maximum absolute atomic E-state index is 2.54. The second kappa shape index (κ2) is 3.25. The van der Waals surface area contributed by atoms with Gasteiger partial charge in [0, 0.05) is 23.3 Å². The number of hydrogen-bond acceptors (Lipinski definition) is 1. The van der Waals surface area contributed by atoms with E-state index < -0.39 is 0 Å². The van der Waals surface area contributed by atoms with Gasteiger partial charge in [0.05, 0.1) is 16.0 Å². The van der Waals surface area contributed by atoms with Crippen LogP contribution in [0.4, 0.5) is 0 Å². The van der Waals surface area contributed by atoms with Crippen LogP contribution in [-0.4, -0.2) is 4.57 Å². The Morgan fingerprint density at radius 3 is 2.90 bits per heavy atom. The highest BCUT2D eigenvalue weighted by atomic mass is 32.2. The Labute approximate surface area is 126 Å². The highest BCUT2D eigenvalue weighted by Gasteiger charge is 2.35. The van der Waals surface area contributed by atoms with Crippen molar-refractivity contribution in [3.63, 3.8) is 0 Å². The van der Waals surface area contributed by atoms with Crippen LogP contribution in [0.15, 0.2) is 41.3 Å². The van der Waals surface area contributed by atoms with Gasteiger partial charge in [-0.25, -0.2) is 4.57 Å². The number of pyridine rings is 1. The highest BCUT2D eigenvalue weighted by molar-refractivity contribution is 7.98. The molecule has 0 fully saturated rings. The fourth-order valence-corrected chi connectivity index (χ4v) is 5.34. The first-order valence-corrected chi connectivity index (χ1v) is 8.36. The van der Waals surface area contributed by atoms with Crippen LogP contribution < -0.4 is 4.40 Å². The lowest BCUT2D eigenvalue weighted by Crippen LogP contribution is -2.28. The molecule has 2 aromatic heterocycles. The fourth-order valence-electron chi connectivity index (χ4n) is 4.20. The van der Waals surface area contributed by atoms with E-state index >= 15 is 0 Å². The first kappa shape index (κ1) is 10.7. The smallest absolute Gasteiger partial charge is 0.222 e. The van der Waals surface area contributed by atoms with Crippen molar-refractivity contribution < 1.29 is 4.40 Å². The Bertz CT molecular complexity index is 1120. The summed E-state index contributed by atoms with van der Waals surface area (Å²) in [6.07, 6.45) is 0. The molecule has 0 saturated carbocycles. The molecule has 21 heavy (non-hydrogen) atoms. The SMILES string of the molecule is Cc1c2[n+]3c4c(cccc4c4cccc5c4c3n1C5)SC2. The van der Waals surface area contributed by atoms with Gasteiger partial charge in [-0.1, -0.05) is 24.3 Å². The third-order valence-electron chi connectivity index (χ3n) is 5.14. The molecule has 2 aliphatic heterocycles. The normalized spacial score (nSPS) is 15.3. The van der Waals surface area contributed by atoms with Gasteiger partial charge in [0.15, 0.2) is 11.2 Å². The molecular formula is C18H13N2S+. The summed E-state index contributed by atoms with van der Waals surface area (Å²) in [7, 11) is 0. The summed E-state index contributed by atoms with van der Waals surface area (Å²) in [5, 5.41) is 4.27. The molecule has 0 N–H and O–H groups in total. The topological polar surface area (TPSA) is 9.03 Å². The minimum Gasteiger partial charge on any atom is -0.222 e. The molecule has 0 unspecified atom stereocenters. The van der Waals surface area contributed by atoms with Gasteiger partial charge < -0.3 is 0 Å². The monoisotopic (exact) mass is 289 g/mol. The van der Waals surface area contributed by atoms with Crippen LogP contribution in [0.3, 0.4) is 0 Å². The molecule has 0 radical (unpaired) electrons. The lowest BCUT2D eigenvalue weighted by Gasteiger charge is -2.13. The maximum Gasteiger partial charge on any atom is 0.295 e. The first-order chi connectivity index (χ1) is 10.3. The second-order valence-electron chi connectivity index (χ2n) is 6.06. The first-order valence-electron chi connectivity index (χ1n) is 7.37. The molecule has 0 saturated heterocycles. The molecule has 0 atom stereocenters. The minimum atomic E-state index is 1.03. The predicted octanol–water partition coefficient (Wildman–Crippen LogP) is 3.81. The van der Waals surface area contributed by atoms with Crippen molar-refractivity contribution in [1.82, 2.24) is 4.57 Å². The van der Waals surface area contributed by atoms with E-state index in [1.54, 1.807) is 0 Å². The number of fused-ring (bicyclic) bond motifs is 1. The van der Waals surface area contributed by atoms with Gasteiger partial charge in [-0.15, -0.1) is 11.8 Å². The summed E-state index contributed by atoms with van der Waals surface area (Å²) in [5.74, 6) is 1.08. The summed E-state index contributed by atoms with van der Waals surface area (Å²) in [4.78, 5) is 1.42. The van der Waals surface area contributed by atoms with Crippen molar-refractivity contribution in [3.8, 4) is 0 Å². The zero-order valence-corrected chi connectivity index (χ0v) is 12.5. The van der Waals surface area contributed by atoms with Gasteiger partial charge in [-0.2, -0.15) is 4.40 Å². The van der Waals surface area contributed by atoms with Crippen LogP contribution in [0.5, 0.6) is 0 Å². The third kappa shape index (κ3) is 1.03. The fraction of sp³-hybridized carbons (Fsp3) is 0.167. The number of para-hydroxylation sites is 1. The maximum atomic E-state index is 2.54. The molecule has 4 aromatic rings. The number of aromatic nitrogens is 2. The molecular weight excluding hydrogens is 276 g/mol. The summed E-state index contributed by atoms with van der Waals surface area (Å²) in [5.41, 5.74) is 7.20. The van der Waals surface area contributed by atoms with Crippen molar-refractivity contribution in [2.24, 2.45) is 0 Å². The molecule has 2 aliphatic rings. The molecule has 2 aromatic carbocycles. The van der Waals surface area contributed by atoms with Crippen molar-refractivity contribution in [1.29, 1.82) is 0 Å². The van der Waals surface area contributed by atoms with Gasteiger partial charge in [-0.3, -0.25) is 0 Å². The van der Waals surface area contributed by atoms with Crippen molar-refractivity contribution in [2.75, 3.05) is 0 Å². The quantitative estimate of drug-likeness (QED) is 0.311. The van der Waals surface area contributed by atoms with E-state index in [-0.39, 0.29) is 0 Å². The van der Waals surface area contributed by atoms with E-state index in [1.165, 1.54) is 49.2 Å². The third-order valence-corrected chi connectivity index (χ3v) is 6.20. The zero-order valence-electron chi connectivity index (χ0n) is 11.7. The van der Waals surface area contributed by atoms with Crippen molar-refractivity contribution in [2.45, 2.75) is 24.1 Å². The Hall–Kier alpha value is -2.00. The van der Waals surface area contributed by atoms with E-state index in [0.717, 1.165) is 12.3 Å². The Morgan fingerprint density at radius 1 is 1.10 bits per heavy atom. The number of benzene rings is 2. The molecule has 6 rings (SSSR count). The minimum absolute atomic E-state index is 1.03. The molecule has 4 heterocycles. The number of imidazole rings is 1. The molecule has 0 spiro atoms. The summed E-state index contributed by atoms with van der Waals surface area (Å²) >= 11 is 1.98. The summed E-state index contributed by atoms with van der Waals surface area (Å²) < 4.78 is 5.05. The van der Waals surface area contributed by atoms with E-state index in [2.05, 4.69) is 52.3 Å². The Morgan fingerprint density at radius 2 is 1.95 bits per heavy atom. The Kier molecular flexibility index (Phi) is 1.65. The average Bonchev–Trinajstić information content (AvgIpc) is 3.03. The molecule has 0 amide bonds. The number of thioether (sulfide) groups is 1. The lowest BCUT2D eigenvalue weighted by molar-refractivity contribution is -0.490. The largest absolute Gasteiger partial charge is 0.295 e. The number of nitrogens with zero attached hydrogens (tertiary/aromatic N) is 2. The molecule has 3 heteroatoms. The van der Waals surface area contributed by atoms with Crippen LogP contribution in [0, 0.1) is 6.92 Å². The second-order valence-corrected chi connectivity index (χ2v) is 7.08. The summed E-state index contributed by atoms with van der Waals surface area (Å²) in [6, 6.07) is 13.5. The molecule has 2 nitrogen and oxygen atoms in total. The van der Waals surface area contributed by atoms with Crippen molar-refractivity contribution >= 4 is 39.1 Å². The number of hydrogen-bond donors (Lipinski definition) is 0. The van der Waals surface area contributed by atoms with Gasteiger partial charge in [-0.05, 0) is 12.1 Å². The Balaban J connectivity index is 2.13. The number of rotatable bonds is 0. The van der Waals surface area contributed by atoms with E-state index in [4.69, 9.17) is 0 Å².